The van der Waals surface area contributed by atoms with Gasteiger partial charge in [0.15, 0.2) is 11.5 Å². The zero-order valence-corrected chi connectivity index (χ0v) is 15.9. The molecule has 4 nitrogen and oxygen atoms in total. The highest BCUT2D eigenvalue weighted by Gasteiger charge is 2.50. The maximum atomic E-state index is 13.1. The van der Waals surface area contributed by atoms with E-state index in [1.807, 2.05) is 32.0 Å². The van der Waals surface area contributed by atoms with E-state index in [4.69, 9.17) is 9.47 Å². The second-order valence-electron chi connectivity index (χ2n) is 6.74. The molecule has 2 aromatic carbocycles. The van der Waals surface area contributed by atoms with Crippen LogP contribution in [0.25, 0.3) is 0 Å². The van der Waals surface area contributed by atoms with Crippen LogP contribution < -0.4 is 14.8 Å². The molecule has 1 fully saturated rings. The van der Waals surface area contributed by atoms with Crippen LogP contribution in [-0.2, 0) is 16.6 Å². The molecule has 5 heteroatoms. The summed E-state index contributed by atoms with van der Waals surface area (Å²) in [6, 6.07) is 12.1. The highest BCUT2D eigenvalue weighted by molar-refractivity contribution is 5.91. The second-order valence-corrected chi connectivity index (χ2v) is 6.74. The van der Waals surface area contributed by atoms with Gasteiger partial charge in [-0.2, -0.15) is 0 Å². The highest BCUT2D eigenvalue weighted by atomic mass is 19.1. The molecule has 0 radical (unpaired) electrons. The first-order valence-corrected chi connectivity index (χ1v) is 9.52. The van der Waals surface area contributed by atoms with Crippen LogP contribution in [0.4, 0.5) is 4.39 Å². The largest absolute Gasteiger partial charge is 0.490 e. The number of hydrogen-bond donors (Lipinski definition) is 1. The van der Waals surface area contributed by atoms with Gasteiger partial charge in [-0.3, -0.25) is 4.79 Å². The van der Waals surface area contributed by atoms with Crippen LogP contribution in [-0.4, -0.2) is 25.7 Å². The van der Waals surface area contributed by atoms with Crippen molar-refractivity contribution < 1.29 is 18.7 Å². The Bertz CT molecular complexity index is 785. The number of rotatable bonds is 9. The van der Waals surface area contributed by atoms with Gasteiger partial charge in [0.05, 0.1) is 18.6 Å². The molecule has 1 aliphatic carbocycles. The van der Waals surface area contributed by atoms with Crippen molar-refractivity contribution in [3.05, 3.63) is 59.4 Å². The van der Waals surface area contributed by atoms with Crippen molar-refractivity contribution in [3.8, 4) is 11.5 Å². The lowest BCUT2D eigenvalue weighted by molar-refractivity contribution is -0.123. The summed E-state index contributed by atoms with van der Waals surface area (Å²) in [7, 11) is 0. The number of nitrogens with one attached hydrogen (secondary N) is 1. The molecule has 1 saturated carbocycles. The Kier molecular flexibility index (Phi) is 5.99. The molecule has 144 valence electrons. The topological polar surface area (TPSA) is 47.6 Å². The lowest BCUT2D eigenvalue weighted by Gasteiger charge is -2.16. The molecule has 0 aromatic heterocycles. The minimum atomic E-state index is -0.483. The molecule has 0 atom stereocenters. The van der Waals surface area contributed by atoms with Crippen molar-refractivity contribution in [2.45, 2.75) is 38.5 Å². The summed E-state index contributed by atoms with van der Waals surface area (Å²) in [5.41, 5.74) is 1.48. The Morgan fingerprint density at radius 3 is 2.33 bits per heavy atom. The Morgan fingerprint density at radius 1 is 1.04 bits per heavy atom. The molecule has 1 N–H and O–H groups in total. The molecule has 0 unspecified atom stereocenters. The Labute approximate surface area is 159 Å². The predicted octanol–water partition coefficient (Wildman–Crippen LogP) is 4.01. The van der Waals surface area contributed by atoms with Crippen molar-refractivity contribution >= 4 is 5.91 Å². The zero-order valence-electron chi connectivity index (χ0n) is 15.9. The third-order valence-corrected chi connectivity index (χ3v) is 4.89. The van der Waals surface area contributed by atoms with E-state index in [2.05, 4.69) is 5.32 Å². The van der Waals surface area contributed by atoms with E-state index in [0.717, 1.165) is 35.5 Å². The summed E-state index contributed by atoms with van der Waals surface area (Å²) in [5.74, 6) is 1.20. The smallest absolute Gasteiger partial charge is 0.230 e. The van der Waals surface area contributed by atoms with Gasteiger partial charge in [0, 0.05) is 6.54 Å². The van der Waals surface area contributed by atoms with Crippen LogP contribution in [0, 0.1) is 5.82 Å². The van der Waals surface area contributed by atoms with Crippen molar-refractivity contribution in [1.82, 2.24) is 5.32 Å². The van der Waals surface area contributed by atoms with E-state index in [1.165, 1.54) is 12.1 Å². The van der Waals surface area contributed by atoms with Gasteiger partial charge in [0.2, 0.25) is 5.91 Å². The summed E-state index contributed by atoms with van der Waals surface area (Å²) >= 11 is 0. The molecule has 1 amide bonds. The molecule has 2 aromatic rings. The maximum Gasteiger partial charge on any atom is 0.230 e. The first-order valence-electron chi connectivity index (χ1n) is 9.52. The van der Waals surface area contributed by atoms with Crippen LogP contribution >= 0.6 is 0 Å². The fourth-order valence-electron chi connectivity index (χ4n) is 3.28. The Hall–Kier alpha value is -2.56. The fourth-order valence-corrected chi connectivity index (χ4v) is 3.28. The maximum absolute atomic E-state index is 13.1. The first-order chi connectivity index (χ1) is 13.1. The minimum absolute atomic E-state index is 0.0186. The summed E-state index contributed by atoms with van der Waals surface area (Å²) in [6.07, 6.45) is 2.32. The lowest BCUT2D eigenvalue weighted by Crippen LogP contribution is -2.35. The number of benzene rings is 2. The molecule has 0 bridgehead atoms. The van der Waals surface area contributed by atoms with Gasteiger partial charge in [-0.1, -0.05) is 18.2 Å². The number of carbonyl (C=O) groups excluding carboxylic acids is 1. The molecule has 1 aliphatic rings. The van der Waals surface area contributed by atoms with Crippen LogP contribution in [0.3, 0.4) is 0 Å². The van der Waals surface area contributed by atoms with E-state index >= 15 is 0 Å². The molecule has 0 heterocycles. The molecule has 0 spiro atoms. The minimum Gasteiger partial charge on any atom is -0.490 e. The van der Waals surface area contributed by atoms with Gasteiger partial charge in [-0.15, -0.1) is 0 Å². The first kappa shape index (κ1) is 19.2. The van der Waals surface area contributed by atoms with E-state index in [9.17, 15) is 9.18 Å². The van der Waals surface area contributed by atoms with Gasteiger partial charge < -0.3 is 14.8 Å². The van der Waals surface area contributed by atoms with Gasteiger partial charge >= 0.3 is 0 Å². The van der Waals surface area contributed by atoms with Crippen LogP contribution in [0.2, 0.25) is 0 Å². The number of ether oxygens (including phenoxy) is 2. The van der Waals surface area contributed by atoms with Crippen molar-refractivity contribution in [2.75, 3.05) is 19.8 Å². The molecule has 0 aliphatic heterocycles. The van der Waals surface area contributed by atoms with Gasteiger partial charge in [-0.25, -0.2) is 4.39 Å². The van der Waals surface area contributed by atoms with Crippen LogP contribution in [0.5, 0.6) is 11.5 Å². The average Bonchev–Trinajstić information content (AvgIpc) is 3.47. The predicted molar refractivity (Wildman–Crippen MR) is 103 cm³/mol. The summed E-state index contributed by atoms with van der Waals surface area (Å²) in [4.78, 5) is 12.7. The molecule has 3 rings (SSSR count). The van der Waals surface area contributed by atoms with E-state index in [1.54, 1.807) is 12.1 Å². The normalized spacial score (nSPS) is 14.5. The lowest BCUT2D eigenvalue weighted by atomic mass is 9.95. The molecule has 27 heavy (non-hydrogen) atoms. The standard InChI is InChI=1S/C22H26FNO3/c1-3-26-19-10-5-16(15-20(19)27-4-2)11-14-24-21(25)22(12-13-22)17-6-8-18(23)9-7-17/h5-10,15H,3-4,11-14H2,1-2H3,(H,24,25). The average molecular weight is 371 g/mol. The molecule has 0 saturated heterocycles. The highest BCUT2D eigenvalue weighted by Crippen LogP contribution is 2.48. The Balaban J connectivity index is 1.58. The van der Waals surface area contributed by atoms with E-state index < -0.39 is 5.41 Å². The Morgan fingerprint density at radius 2 is 1.70 bits per heavy atom. The zero-order chi connectivity index (χ0) is 19.3. The number of carbonyl (C=O) groups is 1. The fraction of sp³-hybridized carbons (Fsp3) is 0.409. The number of amides is 1. The van der Waals surface area contributed by atoms with Crippen LogP contribution in [0.15, 0.2) is 42.5 Å². The molecular weight excluding hydrogens is 345 g/mol. The third-order valence-electron chi connectivity index (χ3n) is 4.89. The number of halogens is 1. The number of hydrogen-bond acceptors (Lipinski definition) is 3. The van der Waals surface area contributed by atoms with Gasteiger partial charge in [-0.05, 0) is 68.5 Å². The summed E-state index contributed by atoms with van der Waals surface area (Å²) in [6.45, 7) is 5.57. The second kappa shape index (κ2) is 8.42. The van der Waals surface area contributed by atoms with Crippen molar-refractivity contribution in [1.29, 1.82) is 0 Å². The SMILES string of the molecule is CCOc1ccc(CCNC(=O)C2(c3ccc(F)cc3)CC2)cc1OCC. The van der Waals surface area contributed by atoms with E-state index in [0.29, 0.717) is 26.2 Å². The third kappa shape index (κ3) is 4.41. The van der Waals surface area contributed by atoms with Crippen molar-refractivity contribution in [2.24, 2.45) is 0 Å². The van der Waals surface area contributed by atoms with Gasteiger partial charge in [0.25, 0.3) is 0 Å². The summed E-state index contributed by atoms with van der Waals surface area (Å²) in [5, 5.41) is 3.03. The monoisotopic (exact) mass is 371 g/mol. The quantitative estimate of drug-likeness (QED) is 0.724. The summed E-state index contributed by atoms with van der Waals surface area (Å²) < 4.78 is 24.4. The van der Waals surface area contributed by atoms with Crippen molar-refractivity contribution in [3.63, 3.8) is 0 Å². The van der Waals surface area contributed by atoms with E-state index in [-0.39, 0.29) is 11.7 Å². The van der Waals surface area contributed by atoms with Gasteiger partial charge in [0.1, 0.15) is 5.82 Å². The molecular formula is C22H26FNO3. The van der Waals surface area contributed by atoms with Crippen LogP contribution in [0.1, 0.15) is 37.8 Å².